The second-order valence-electron chi connectivity index (χ2n) is 12.9. The maximum atomic E-state index is 11.8. The Morgan fingerprint density at radius 1 is 0.500 bits per heavy atom. The van der Waals surface area contributed by atoms with Gasteiger partial charge in [-0.1, -0.05) is 117 Å². The van der Waals surface area contributed by atoms with Gasteiger partial charge in [0.2, 0.25) is 0 Å². The van der Waals surface area contributed by atoms with Gasteiger partial charge in [0.05, 0.1) is 0 Å². The highest BCUT2D eigenvalue weighted by atomic mass is 32.2. The second kappa shape index (κ2) is 14.5. The molecule has 0 radical (unpaired) electrons. The van der Waals surface area contributed by atoms with Crippen molar-refractivity contribution in [2.45, 2.75) is 77.7 Å². The zero-order valence-corrected chi connectivity index (χ0v) is 28.2. The fourth-order valence-corrected chi connectivity index (χ4v) is 10.8. The summed E-state index contributed by atoms with van der Waals surface area (Å²) in [5, 5.41) is 8.21. The van der Waals surface area contributed by atoms with Crippen LogP contribution in [0.15, 0.2) is 142 Å². The summed E-state index contributed by atoms with van der Waals surface area (Å²) in [4.78, 5) is 16.0. The molecule has 2 saturated carbocycles. The lowest BCUT2D eigenvalue weighted by atomic mass is 9.76. The summed E-state index contributed by atoms with van der Waals surface area (Å²) < 4.78 is 0. The lowest BCUT2D eigenvalue weighted by Gasteiger charge is -2.33. The molecule has 232 valence electrons. The molecule has 3 heteroatoms. The molecule has 2 fully saturated rings. The Morgan fingerprint density at radius 3 is 1.37 bits per heavy atom. The number of fused-ring (bicyclic) bond motifs is 3. The van der Waals surface area contributed by atoms with Gasteiger partial charge < -0.3 is 0 Å². The predicted molar refractivity (Wildman–Crippen MR) is 200 cm³/mol. The first kappa shape index (κ1) is 31.1. The summed E-state index contributed by atoms with van der Waals surface area (Å²) in [5.74, 6) is 1.49. The smallest absolute Gasteiger partial charge is 0.174 e. The molecular formula is C43H43OS2+. The quantitative estimate of drug-likeness (QED) is 0.147. The molecule has 2 aliphatic carbocycles. The highest BCUT2D eigenvalue weighted by Crippen LogP contribution is 2.41. The van der Waals surface area contributed by atoms with Gasteiger partial charge in [-0.05, 0) is 84.2 Å². The summed E-state index contributed by atoms with van der Waals surface area (Å²) in [6.07, 6.45) is 11.0. The van der Waals surface area contributed by atoms with Gasteiger partial charge in [0.1, 0.15) is 16.7 Å². The van der Waals surface area contributed by atoms with Crippen LogP contribution in [0.3, 0.4) is 0 Å². The summed E-state index contributed by atoms with van der Waals surface area (Å²) in [7, 11) is -0.238. The molecule has 6 aromatic rings. The van der Waals surface area contributed by atoms with Crippen LogP contribution in [0.1, 0.15) is 57.8 Å². The predicted octanol–water partition coefficient (Wildman–Crippen LogP) is 11.9. The van der Waals surface area contributed by atoms with Crippen LogP contribution in [-0.2, 0) is 15.7 Å². The molecule has 0 aromatic heterocycles. The molecule has 0 spiro atoms. The third-order valence-corrected chi connectivity index (χ3v) is 13.2. The van der Waals surface area contributed by atoms with Gasteiger partial charge in [0, 0.05) is 33.7 Å². The van der Waals surface area contributed by atoms with Crippen molar-refractivity contribution in [1.82, 2.24) is 0 Å². The Balaban J connectivity index is 0.000000190. The number of carbonyl (C=O) groups is 1. The first-order chi connectivity index (χ1) is 22.7. The molecule has 0 heterocycles. The van der Waals surface area contributed by atoms with Crippen molar-refractivity contribution >= 4 is 61.6 Å². The molecular weight excluding hydrogens is 597 g/mol. The van der Waals surface area contributed by atoms with Crippen LogP contribution in [0, 0.1) is 11.8 Å². The Kier molecular flexibility index (Phi) is 9.79. The van der Waals surface area contributed by atoms with Crippen LogP contribution in [0.5, 0.6) is 0 Å². The van der Waals surface area contributed by atoms with Crippen molar-refractivity contribution in [2.24, 2.45) is 11.8 Å². The van der Waals surface area contributed by atoms with Crippen LogP contribution >= 0.6 is 12.6 Å². The van der Waals surface area contributed by atoms with E-state index in [9.17, 15) is 4.79 Å². The number of rotatable bonds is 5. The molecule has 2 aliphatic rings. The van der Waals surface area contributed by atoms with Gasteiger partial charge in [0.25, 0.3) is 0 Å². The van der Waals surface area contributed by atoms with Crippen molar-refractivity contribution in [1.29, 1.82) is 0 Å². The van der Waals surface area contributed by atoms with Crippen LogP contribution < -0.4 is 0 Å². The molecule has 6 aromatic carbocycles. The van der Waals surface area contributed by atoms with Crippen LogP contribution in [-0.4, -0.2) is 11.0 Å². The minimum absolute atomic E-state index is 0.238. The maximum absolute atomic E-state index is 11.8. The van der Waals surface area contributed by atoms with E-state index in [1.807, 2.05) is 0 Å². The minimum atomic E-state index is -0.238. The Labute approximate surface area is 282 Å². The van der Waals surface area contributed by atoms with E-state index in [1.54, 1.807) is 0 Å². The van der Waals surface area contributed by atoms with E-state index in [0.717, 1.165) is 19.3 Å². The fourth-order valence-electron chi connectivity index (χ4n) is 7.65. The standard InChI is InChI=1S/C30H21S.C13H22OS/c1-4-16-25-22(10-1)13-7-19-28(25)31(29-20-8-14-23-11-2-5-17-26(23)29)30-21-9-15-24-12-3-6-18-27(24)30;14-12-9-5-4-8-11(12)13(15)10-6-2-1-3-7-10/h1-21H;10-11,13,15H,1-9H2/q+1;. The maximum Gasteiger partial charge on any atom is 0.174 e. The number of hydrogen-bond donors (Lipinski definition) is 1. The van der Waals surface area contributed by atoms with E-state index in [0.29, 0.717) is 17.0 Å². The summed E-state index contributed by atoms with van der Waals surface area (Å²) in [5.41, 5.74) is 0. The first-order valence-corrected chi connectivity index (χ1v) is 18.8. The van der Waals surface area contributed by atoms with Crippen molar-refractivity contribution in [3.63, 3.8) is 0 Å². The second-order valence-corrected chi connectivity index (χ2v) is 15.5. The van der Waals surface area contributed by atoms with E-state index in [1.165, 1.54) is 85.5 Å². The average molecular weight is 640 g/mol. The van der Waals surface area contributed by atoms with Gasteiger partial charge in [-0.15, -0.1) is 0 Å². The third-order valence-electron chi connectivity index (χ3n) is 10.1. The van der Waals surface area contributed by atoms with E-state index < -0.39 is 0 Å². The summed E-state index contributed by atoms with van der Waals surface area (Å²) in [6, 6.07) is 46.5. The van der Waals surface area contributed by atoms with Gasteiger partial charge >= 0.3 is 0 Å². The highest BCUT2D eigenvalue weighted by molar-refractivity contribution is 7.97. The molecule has 0 aliphatic heterocycles. The zero-order chi connectivity index (χ0) is 31.3. The van der Waals surface area contributed by atoms with Crippen molar-refractivity contribution in [3.8, 4) is 0 Å². The molecule has 2 atom stereocenters. The number of carbonyl (C=O) groups excluding carboxylic acids is 1. The SMILES string of the molecule is O=C1CCCCC1C(S)C1CCCCC1.c1ccc2c([S+](c3cccc4ccccc34)c3cccc4ccccc34)cccc2c1. The Hall–Kier alpha value is -3.53. The number of thiol groups is 1. The van der Waals surface area contributed by atoms with Gasteiger partial charge in [0.15, 0.2) is 14.7 Å². The molecule has 0 N–H and O–H groups in total. The molecule has 0 saturated heterocycles. The lowest BCUT2D eigenvalue weighted by Crippen LogP contribution is -2.33. The Morgan fingerprint density at radius 2 is 0.913 bits per heavy atom. The van der Waals surface area contributed by atoms with Crippen molar-refractivity contribution in [3.05, 3.63) is 127 Å². The van der Waals surface area contributed by atoms with E-state index >= 15 is 0 Å². The van der Waals surface area contributed by atoms with E-state index in [4.69, 9.17) is 12.6 Å². The monoisotopic (exact) mass is 639 g/mol. The zero-order valence-electron chi connectivity index (χ0n) is 26.5. The molecule has 46 heavy (non-hydrogen) atoms. The molecule has 0 amide bonds. The Bertz CT molecular complexity index is 1750. The molecule has 8 rings (SSSR count). The molecule has 1 nitrogen and oxygen atoms in total. The minimum Gasteiger partial charge on any atom is -0.299 e. The topological polar surface area (TPSA) is 17.1 Å². The fraction of sp³-hybridized carbons (Fsp3) is 0.279. The third kappa shape index (κ3) is 6.50. The lowest BCUT2D eigenvalue weighted by molar-refractivity contribution is -0.124. The first-order valence-electron chi connectivity index (χ1n) is 17.1. The van der Waals surface area contributed by atoms with Crippen LogP contribution in [0.25, 0.3) is 32.3 Å². The summed E-state index contributed by atoms with van der Waals surface area (Å²) >= 11 is 4.75. The number of benzene rings is 6. The number of ketones is 1. The van der Waals surface area contributed by atoms with Crippen molar-refractivity contribution in [2.75, 3.05) is 0 Å². The highest BCUT2D eigenvalue weighted by Gasteiger charge is 2.34. The number of hydrogen-bond acceptors (Lipinski definition) is 2. The molecule has 0 bridgehead atoms. The van der Waals surface area contributed by atoms with E-state index in [2.05, 4.69) is 127 Å². The van der Waals surface area contributed by atoms with Gasteiger partial charge in [-0.25, -0.2) is 0 Å². The van der Waals surface area contributed by atoms with E-state index in [-0.39, 0.29) is 16.8 Å². The largest absolute Gasteiger partial charge is 0.299 e. The van der Waals surface area contributed by atoms with Crippen molar-refractivity contribution < 1.29 is 4.79 Å². The average Bonchev–Trinajstić information content (AvgIpc) is 3.13. The summed E-state index contributed by atoms with van der Waals surface area (Å²) in [6.45, 7) is 0. The van der Waals surface area contributed by atoms with Crippen LogP contribution in [0.4, 0.5) is 0 Å². The molecule has 2 unspecified atom stereocenters. The van der Waals surface area contributed by atoms with Gasteiger partial charge in [-0.3, -0.25) is 4.79 Å². The van der Waals surface area contributed by atoms with Crippen LogP contribution in [0.2, 0.25) is 0 Å². The normalized spacial score (nSPS) is 18.0. The van der Waals surface area contributed by atoms with Gasteiger partial charge in [-0.2, -0.15) is 12.6 Å². The number of Topliss-reactive ketones (excluding diaryl/α,β-unsaturated/α-hetero) is 1.